The second-order valence-corrected chi connectivity index (χ2v) is 3.14. The Bertz CT molecular complexity index is 272. The molecule has 0 bridgehead atoms. The Kier molecular flexibility index (Phi) is 2.99. The number of hydrogen-bond donors (Lipinski definition) is 2. The molecule has 0 amide bonds. The molecule has 1 aromatic heterocycles. The molecule has 1 rings (SSSR count). The van der Waals surface area contributed by atoms with E-state index in [-0.39, 0.29) is 6.61 Å². The zero-order valence-corrected chi connectivity index (χ0v) is 8.06. The van der Waals surface area contributed by atoms with Crippen molar-refractivity contribution in [2.75, 3.05) is 12.0 Å². The number of nitrogen functional groups attached to an aromatic ring is 1. The van der Waals surface area contributed by atoms with Crippen LogP contribution in [0.4, 0.5) is 5.82 Å². The van der Waals surface area contributed by atoms with Crippen LogP contribution in [0.3, 0.4) is 0 Å². The van der Waals surface area contributed by atoms with Crippen molar-refractivity contribution >= 4 is 17.6 Å². The summed E-state index contributed by atoms with van der Waals surface area (Å²) in [5, 5.41) is 14.0. The normalized spacial score (nSPS) is 10.6. The highest BCUT2D eigenvalue weighted by Crippen LogP contribution is 2.24. The summed E-state index contributed by atoms with van der Waals surface area (Å²) in [5.74, 6) is 0.434. The quantitative estimate of drug-likeness (QED) is 0.684. The minimum atomic E-state index is -0.0397. The summed E-state index contributed by atoms with van der Waals surface area (Å²) < 4.78 is 1.80. The van der Waals surface area contributed by atoms with Crippen molar-refractivity contribution in [3.05, 3.63) is 5.56 Å². The number of rotatable bonds is 3. The molecule has 0 atom stereocenters. The average Bonchev–Trinajstić information content (AvgIpc) is 2.40. The second-order valence-electron chi connectivity index (χ2n) is 2.35. The van der Waals surface area contributed by atoms with Gasteiger partial charge in [0.15, 0.2) is 5.82 Å². The van der Waals surface area contributed by atoms with Gasteiger partial charge in [-0.2, -0.15) is 5.10 Å². The van der Waals surface area contributed by atoms with Gasteiger partial charge in [0.2, 0.25) is 0 Å². The maximum absolute atomic E-state index is 8.99. The van der Waals surface area contributed by atoms with Gasteiger partial charge in [0.25, 0.3) is 0 Å². The van der Waals surface area contributed by atoms with Crippen LogP contribution in [0, 0.1) is 0 Å². The van der Waals surface area contributed by atoms with Crippen molar-refractivity contribution < 1.29 is 5.11 Å². The lowest BCUT2D eigenvalue weighted by molar-refractivity contribution is 0.279. The summed E-state index contributed by atoms with van der Waals surface area (Å²) >= 11 is 1.55. The smallest absolute Gasteiger partial charge is 0.152 e. The van der Waals surface area contributed by atoms with E-state index in [0.29, 0.717) is 5.82 Å². The predicted octanol–water partition coefficient (Wildman–Crippen LogP) is 0.699. The summed E-state index contributed by atoms with van der Waals surface area (Å²) in [6.07, 6.45) is 1.95. The topological polar surface area (TPSA) is 64.1 Å². The van der Waals surface area contributed by atoms with Crippen LogP contribution in [0.25, 0.3) is 0 Å². The molecule has 0 radical (unpaired) electrons. The molecule has 0 saturated carbocycles. The van der Waals surface area contributed by atoms with E-state index in [1.54, 1.807) is 16.4 Å². The van der Waals surface area contributed by atoms with Crippen molar-refractivity contribution in [1.82, 2.24) is 9.78 Å². The first-order valence-electron chi connectivity index (χ1n) is 3.74. The molecule has 0 aliphatic rings. The zero-order valence-electron chi connectivity index (χ0n) is 7.24. The highest BCUT2D eigenvalue weighted by atomic mass is 32.2. The number of nitrogens with zero attached hydrogens (tertiary/aromatic N) is 2. The Morgan fingerprint density at radius 2 is 2.33 bits per heavy atom. The van der Waals surface area contributed by atoms with Gasteiger partial charge in [-0.1, -0.05) is 0 Å². The van der Waals surface area contributed by atoms with Crippen LogP contribution >= 0.6 is 11.8 Å². The molecule has 0 aliphatic heterocycles. The monoisotopic (exact) mass is 187 g/mol. The maximum Gasteiger partial charge on any atom is 0.152 e. The van der Waals surface area contributed by atoms with E-state index >= 15 is 0 Å². The third-order valence-electron chi connectivity index (χ3n) is 1.68. The van der Waals surface area contributed by atoms with Crippen LogP contribution in [0.2, 0.25) is 0 Å². The molecule has 68 valence electrons. The number of aliphatic hydroxyl groups excluding tert-OH is 1. The predicted molar refractivity (Wildman–Crippen MR) is 50.0 cm³/mol. The summed E-state index contributed by atoms with van der Waals surface area (Å²) in [4.78, 5) is 0. The molecule has 12 heavy (non-hydrogen) atoms. The number of nitrogens with two attached hydrogens (primary N) is 1. The van der Waals surface area contributed by atoms with Gasteiger partial charge < -0.3 is 10.8 Å². The first kappa shape index (κ1) is 9.41. The Hall–Kier alpha value is -0.680. The maximum atomic E-state index is 8.99. The first-order valence-corrected chi connectivity index (χ1v) is 4.97. The number of anilines is 1. The van der Waals surface area contributed by atoms with Crippen molar-refractivity contribution in [2.24, 2.45) is 0 Å². The lowest BCUT2D eigenvalue weighted by Gasteiger charge is -2.01. The van der Waals surface area contributed by atoms with Gasteiger partial charge in [-0.05, 0) is 13.2 Å². The Labute approximate surface area is 75.8 Å². The van der Waals surface area contributed by atoms with E-state index in [1.807, 2.05) is 13.2 Å². The van der Waals surface area contributed by atoms with Gasteiger partial charge in [0.1, 0.15) is 5.03 Å². The third kappa shape index (κ3) is 1.42. The third-order valence-corrected chi connectivity index (χ3v) is 2.53. The molecule has 0 fully saturated rings. The molecular weight excluding hydrogens is 174 g/mol. The van der Waals surface area contributed by atoms with Crippen molar-refractivity contribution in [2.45, 2.75) is 25.1 Å². The largest absolute Gasteiger partial charge is 0.391 e. The average molecular weight is 187 g/mol. The lowest BCUT2D eigenvalue weighted by atomic mass is 10.3. The molecule has 0 aromatic carbocycles. The van der Waals surface area contributed by atoms with E-state index in [4.69, 9.17) is 10.8 Å². The summed E-state index contributed by atoms with van der Waals surface area (Å²) in [6, 6.07) is 0. The van der Waals surface area contributed by atoms with Gasteiger partial charge in [-0.25, -0.2) is 0 Å². The van der Waals surface area contributed by atoms with Crippen LogP contribution in [0.5, 0.6) is 0 Å². The molecule has 1 heterocycles. The van der Waals surface area contributed by atoms with E-state index < -0.39 is 0 Å². The molecule has 0 spiro atoms. The number of aromatic nitrogens is 2. The minimum absolute atomic E-state index is 0.0397. The van der Waals surface area contributed by atoms with E-state index in [1.165, 1.54) is 0 Å². The summed E-state index contributed by atoms with van der Waals surface area (Å²) in [5.41, 5.74) is 6.34. The fourth-order valence-electron chi connectivity index (χ4n) is 1.09. The Balaban J connectivity index is 3.16. The van der Waals surface area contributed by atoms with E-state index in [9.17, 15) is 0 Å². The van der Waals surface area contributed by atoms with Crippen LogP contribution in [-0.2, 0) is 13.2 Å². The van der Waals surface area contributed by atoms with Gasteiger partial charge in [-0.15, -0.1) is 11.8 Å². The number of thioether (sulfide) groups is 1. The van der Waals surface area contributed by atoms with Gasteiger partial charge in [-0.3, -0.25) is 4.68 Å². The van der Waals surface area contributed by atoms with Gasteiger partial charge in [0.05, 0.1) is 12.2 Å². The minimum Gasteiger partial charge on any atom is -0.391 e. The summed E-state index contributed by atoms with van der Waals surface area (Å²) in [6.45, 7) is 2.73. The van der Waals surface area contributed by atoms with Crippen molar-refractivity contribution in [3.63, 3.8) is 0 Å². The Morgan fingerprint density at radius 1 is 1.67 bits per heavy atom. The van der Waals surface area contributed by atoms with Crippen LogP contribution < -0.4 is 5.73 Å². The molecule has 1 aromatic rings. The SMILES string of the molecule is CCn1nc(N)c(CO)c1SC. The van der Waals surface area contributed by atoms with Gasteiger partial charge >= 0.3 is 0 Å². The fraction of sp³-hybridized carbons (Fsp3) is 0.571. The second kappa shape index (κ2) is 3.82. The highest BCUT2D eigenvalue weighted by Gasteiger charge is 2.12. The zero-order chi connectivity index (χ0) is 9.14. The summed E-state index contributed by atoms with van der Waals surface area (Å²) in [7, 11) is 0. The van der Waals surface area contributed by atoms with E-state index in [0.717, 1.165) is 17.1 Å². The van der Waals surface area contributed by atoms with Crippen molar-refractivity contribution in [1.29, 1.82) is 0 Å². The first-order chi connectivity index (χ1) is 5.74. The standard InChI is InChI=1S/C7H13N3OS/c1-3-10-7(12-2)5(4-11)6(8)9-10/h11H,3-4H2,1-2H3,(H2,8,9). The molecule has 0 unspecified atom stereocenters. The highest BCUT2D eigenvalue weighted by molar-refractivity contribution is 7.98. The lowest BCUT2D eigenvalue weighted by Crippen LogP contribution is -1.98. The number of aliphatic hydroxyl groups is 1. The number of hydrogen-bond acceptors (Lipinski definition) is 4. The van der Waals surface area contributed by atoms with Crippen LogP contribution in [-0.4, -0.2) is 21.1 Å². The van der Waals surface area contributed by atoms with Gasteiger partial charge in [0, 0.05) is 6.54 Å². The van der Waals surface area contributed by atoms with Crippen LogP contribution in [0.1, 0.15) is 12.5 Å². The van der Waals surface area contributed by atoms with Crippen LogP contribution in [0.15, 0.2) is 5.03 Å². The molecular formula is C7H13N3OS. The molecule has 0 saturated heterocycles. The molecule has 0 aliphatic carbocycles. The van der Waals surface area contributed by atoms with Crippen molar-refractivity contribution in [3.8, 4) is 0 Å². The molecule has 5 heteroatoms. The fourth-order valence-corrected chi connectivity index (χ4v) is 1.89. The Morgan fingerprint density at radius 3 is 2.75 bits per heavy atom. The molecule has 3 N–H and O–H groups in total. The molecule has 4 nitrogen and oxygen atoms in total. The van der Waals surface area contributed by atoms with E-state index in [2.05, 4.69) is 5.10 Å². The number of aryl methyl sites for hydroxylation is 1.